The van der Waals surface area contributed by atoms with Crippen molar-refractivity contribution < 1.29 is 24.2 Å². The zero-order valence-electron chi connectivity index (χ0n) is 18.2. The molecule has 0 aliphatic heterocycles. The van der Waals surface area contributed by atoms with Gasteiger partial charge in [0.2, 0.25) is 0 Å². The van der Waals surface area contributed by atoms with Crippen LogP contribution in [-0.2, 0) is 20.7 Å². The summed E-state index contributed by atoms with van der Waals surface area (Å²) in [6.07, 6.45) is 0.466. The fraction of sp³-hybridized carbons (Fsp3) is 0.391. The molecule has 0 radical (unpaired) electrons. The van der Waals surface area contributed by atoms with Gasteiger partial charge in [-0.15, -0.1) is 0 Å². The summed E-state index contributed by atoms with van der Waals surface area (Å²) in [5.74, 6) is 0.0749. The number of carbonyl (C=O) groups excluding carboxylic acids is 2. The molecule has 0 bridgehead atoms. The summed E-state index contributed by atoms with van der Waals surface area (Å²) >= 11 is 5.48. The number of amides is 1. The lowest BCUT2D eigenvalue weighted by atomic mass is 10.1. The fourth-order valence-corrected chi connectivity index (χ4v) is 2.26. The lowest BCUT2D eigenvalue weighted by Gasteiger charge is -2.16. The van der Waals surface area contributed by atoms with Crippen molar-refractivity contribution in [2.24, 2.45) is 5.73 Å². The number of phenols is 1. The maximum absolute atomic E-state index is 11.0. The molecule has 0 aliphatic rings. The number of hydrogen-bond acceptors (Lipinski definition) is 5. The van der Waals surface area contributed by atoms with E-state index in [1.807, 2.05) is 37.3 Å². The van der Waals surface area contributed by atoms with Crippen molar-refractivity contribution in [2.45, 2.75) is 59.2 Å². The van der Waals surface area contributed by atoms with E-state index in [2.05, 4.69) is 4.74 Å². The summed E-state index contributed by atoms with van der Waals surface area (Å²) in [6.45, 7) is 9.01. The normalized spacial score (nSPS) is 11.0. The molecule has 0 heterocycles. The number of benzene rings is 2. The van der Waals surface area contributed by atoms with E-state index in [4.69, 9.17) is 27.2 Å². The van der Waals surface area contributed by atoms with Gasteiger partial charge in [-0.1, -0.05) is 54.9 Å². The second-order valence-electron chi connectivity index (χ2n) is 7.36. The highest BCUT2D eigenvalue weighted by Gasteiger charge is 2.12. The molecule has 2 rings (SSSR count). The van der Waals surface area contributed by atoms with Crippen molar-refractivity contribution in [2.75, 3.05) is 0 Å². The first kappa shape index (κ1) is 27.3. The van der Waals surface area contributed by atoms with Crippen LogP contribution in [0, 0.1) is 0 Å². The molecule has 0 aliphatic carbocycles. The molecule has 7 heteroatoms. The lowest BCUT2D eigenvalue weighted by Crippen LogP contribution is -2.27. The van der Waals surface area contributed by atoms with Gasteiger partial charge in [0, 0.05) is 17.9 Å². The van der Waals surface area contributed by atoms with Crippen molar-refractivity contribution in [3.05, 3.63) is 65.2 Å². The Morgan fingerprint density at radius 2 is 1.70 bits per heavy atom. The topological polar surface area (TPSA) is 98.9 Å². The number of rotatable bonds is 4. The maximum Gasteiger partial charge on any atom is 0.405 e. The standard InChI is InChI=1S/C12H16O2.C6H5ClO.C5H11NO2/c1-3-12(13)14-10(2)9-11-7-5-4-6-8-11;7-5-2-1-3-6(8)4-5;1-5(2,3)8-4(6)7/h4-8,10H,3,9H2,1-2H3;1-4,8H;1-3H3,(H2,6,7). The van der Waals surface area contributed by atoms with E-state index >= 15 is 0 Å². The lowest BCUT2D eigenvalue weighted by molar-refractivity contribution is -0.147. The Hall–Kier alpha value is -2.73. The van der Waals surface area contributed by atoms with E-state index in [0.717, 1.165) is 6.42 Å². The van der Waals surface area contributed by atoms with Crippen molar-refractivity contribution >= 4 is 23.7 Å². The van der Waals surface area contributed by atoms with E-state index in [1.54, 1.807) is 45.9 Å². The third-order valence-electron chi connectivity index (χ3n) is 3.20. The molecule has 166 valence electrons. The molecule has 1 unspecified atom stereocenters. The predicted octanol–water partition coefficient (Wildman–Crippen LogP) is 5.50. The molecule has 3 N–H and O–H groups in total. The van der Waals surface area contributed by atoms with Crippen LogP contribution in [0.1, 0.15) is 46.6 Å². The second-order valence-corrected chi connectivity index (χ2v) is 7.79. The van der Waals surface area contributed by atoms with Crippen LogP contribution in [0.25, 0.3) is 0 Å². The van der Waals surface area contributed by atoms with E-state index in [-0.39, 0.29) is 17.8 Å². The van der Waals surface area contributed by atoms with Gasteiger partial charge in [-0.05, 0) is 51.5 Å². The summed E-state index contributed by atoms with van der Waals surface area (Å²) in [5.41, 5.74) is 5.46. The summed E-state index contributed by atoms with van der Waals surface area (Å²) in [7, 11) is 0. The quantitative estimate of drug-likeness (QED) is 0.615. The molecular weight excluding hydrogens is 406 g/mol. The molecule has 1 atom stereocenters. The number of ether oxygens (including phenoxy) is 2. The Morgan fingerprint density at radius 1 is 1.10 bits per heavy atom. The largest absolute Gasteiger partial charge is 0.508 e. The van der Waals surface area contributed by atoms with Crippen molar-refractivity contribution in [1.29, 1.82) is 0 Å². The highest BCUT2D eigenvalue weighted by molar-refractivity contribution is 6.30. The molecule has 1 amide bonds. The van der Waals surface area contributed by atoms with E-state index in [9.17, 15) is 9.59 Å². The molecule has 0 spiro atoms. The Labute approximate surface area is 184 Å². The highest BCUT2D eigenvalue weighted by Crippen LogP contribution is 2.14. The summed E-state index contributed by atoms with van der Waals surface area (Å²) in [4.78, 5) is 21.0. The number of nitrogens with two attached hydrogens (primary N) is 1. The van der Waals surface area contributed by atoms with Crippen molar-refractivity contribution in [3.8, 4) is 5.75 Å². The average molecular weight is 438 g/mol. The predicted molar refractivity (Wildman–Crippen MR) is 120 cm³/mol. The number of hydrogen-bond donors (Lipinski definition) is 2. The van der Waals surface area contributed by atoms with E-state index < -0.39 is 11.7 Å². The van der Waals surface area contributed by atoms with E-state index in [1.165, 1.54) is 11.6 Å². The molecule has 6 nitrogen and oxygen atoms in total. The first-order chi connectivity index (χ1) is 13.9. The van der Waals surface area contributed by atoms with Crippen LogP contribution >= 0.6 is 11.6 Å². The second kappa shape index (κ2) is 14.3. The third kappa shape index (κ3) is 16.2. The van der Waals surface area contributed by atoms with Gasteiger partial charge in [0.05, 0.1) is 0 Å². The number of esters is 1. The molecule has 0 saturated heterocycles. The van der Waals surface area contributed by atoms with Gasteiger partial charge in [0.15, 0.2) is 0 Å². The number of primary amides is 1. The van der Waals surface area contributed by atoms with Gasteiger partial charge in [0.25, 0.3) is 0 Å². The molecule has 0 saturated carbocycles. The third-order valence-corrected chi connectivity index (χ3v) is 3.44. The number of halogens is 1. The molecule has 0 aromatic heterocycles. The van der Waals surface area contributed by atoms with Crippen LogP contribution in [-0.4, -0.2) is 28.9 Å². The first-order valence-corrected chi connectivity index (χ1v) is 9.97. The minimum Gasteiger partial charge on any atom is -0.508 e. The smallest absolute Gasteiger partial charge is 0.405 e. The van der Waals surface area contributed by atoms with Crippen LogP contribution in [0.15, 0.2) is 54.6 Å². The van der Waals surface area contributed by atoms with Gasteiger partial charge >= 0.3 is 12.1 Å². The molecule has 2 aromatic rings. The van der Waals surface area contributed by atoms with Crippen LogP contribution in [0.4, 0.5) is 4.79 Å². The molecule has 30 heavy (non-hydrogen) atoms. The van der Waals surface area contributed by atoms with Gasteiger partial charge in [-0.2, -0.15) is 0 Å². The number of aromatic hydroxyl groups is 1. The Balaban J connectivity index is 0.000000451. The van der Waals surface area contributed by atoms with Crippen LogP contribution in [0.5, 0.6) is 5.75 Å². The van der Waals surface area contributed by atoms with Crippen LogP contribution in [0.3, 0.4) is 0 Å². The number of carbonyl (C=O) groups is 2. The van der Waals surface area contributed by atoms with Crippen LogP contribution in [0.2, 0.25) is 5.02 Å². The number of phenolic OH excluding ortho intramolecular Hbond substituents is 1. The average Bonchev–Trinajstić information content (AvgIpc) is 2.61. The first-order valence-electron chi connectivity index (χ1n) is 9.59. The molecule has 0 fully saturated rings. The minimum atomic E-state index is -0.725. The zero-order valence-corrected chi connectivity index (χ0v) is 19.0. The monoisotopic (exact) mass is 437 g/mol. The van der Waals surface area contributed by atoms with Gasteiger partial charge in [-0.25, -0.2) is 4.79 Å². The van der Waals surface area contributed by atoms with E-state index in [0.29, 0.717) is 11.4 Å². The molecular formula is C23H32ClNO5. The van der Waals surface area contributed by atoms with Gasteiger partial charge in [0.1, 0.15) is 17.5 Å². The summed E-state index contributed by atoms with van der Waals surface area (Å²) < 4.78 is 9.74. The fourth-order valence-electron chi connectivity index (χ4n) is 2.07. The highest BCUT2D eigenvalue weighted by atomic mass is 35.5. The maximum atomic E-state index is 11.0. The Morgan fingerprint density at radius 3 is 2.07 bits per heavy atom. The van der Waals surface area contributed by atoms with Gasteiger partial charge < -0.3 is 20.3 Å². The van der Waals surface area contributed by atoms with Gasteiger partial charge in [-0.3, -0.25) is 4.79 Å². The van der Waals surface area contributed by atoms with Crippen molar-refractivity contribution in [1.82, 2.24) is 0 Å². The summed E-state index contributed by atoms with van der Waals surface area (Å²) in [5, 5.41) is 9.29. The molecule has 2 aromatic carbocycles. The Bertz CT molecular complexity index is 742. The summed E-state index contributed by atoms with van der Waals surface area (Å²) in [6, 6.07) is 16.5. The minimum absolute atomic E-state index is 0.0372. The van der Waals surface area contributed by atoms with Crippen LogP contribution < -0.4 is 5.73 Å². The zero-order chi connectivity index (χ0) is 23.2. The SMILES string of the molecule is CC(C)(C)OC(N)=O.CCC(=O)OC(C)Cc1ccccc1.Oc1cccc(Cl)c1. The Kier molecular flexibility index (Phi) is 13.0. The van der Waals surface area contributed by atoms with Crippen molar-refractivity contribution in [3.63, 3.8) is 0 Å².